The zero-order valence-electron chi connectivity index (χ0n) is 8.57. The molecule has 0 unspecified atom stereocenters. The molecule has 0 saturated carbocycles. The Morgan fingerprint density at radius 1 is 1.00 bits per heavy atom. The van der Waals surface area contributed by atoms with E-state index in [9.17, 15) is 0 Å². The normalized spacial score (nSPS) is 13.0. The van der Waals surface area contributed by atoms with Crippen molar-refractivity contribution in [3.05, 3.63) is 47.6 Å². The predicted octanol–water partition coefficient (Wildman–Crippen LogP) is 4.03. The SMILES string of the molecule is C=C(C)/C(C)=C\C(=C)/C(C)=C/C. The molecule has 66 valence electrons. The minimum absolute atomic E-state index is 1.07. The molecule has 0 aliphatic heterocycles. The van der Waals surface area contributed by atoms with E-state index in [1.54, 1.807) is 0 Å². The highest BCUT2D eigenvalue weighted by atomic mass is 14.0. The summed E-state index contributed by atoms with van der Waals surface area (Å²) >= 11 is 0. The van der Waals surface area contributed by atoms with E-state index in [1.165, 1.54) is 11.1 Å². The second kappa shape index (κ2) is 4.76. The van der Waals surface area contributed by atoms with Gasteiger partial charge in [-0.15, -0.1) is 0 Å². The topological polar surface area (TPSA) is 0 Å². The molecular weight excluding hydrogens is 144 g/mol. The van der Waals surface area contributed by atoms with Crippen LogP contribution < -0.4 is 0 Å². The van der Waals surface area contributed by atoms with E-state index < -0.39 is 0 Å². The summed E-state index contributed by atoms with van der Waals surface area (Å²) in [7, 11) is 0. The summed E-state index contributed by atoms with van der Waals surface area (Å²) in [5.41, 5.74) is 4.58. The minimum atomic E-state index is 1.07. The lowest BCUT2D eigenvalue weighted by Crippen LogP contribution is -1.82. The van der Waals surface area contributed by atoms with Crippen molar-refractivity contribution in [3.63, 3.8) is 0 Å². The first kappa shape index (κ1) is 11.0. The number of hydrogen-bond donors (Lipinski definition) is 0. The Kier molecular flexibility index (Phi) is 4.35. The molecule has 0 atom stereocenters. The summed E-state index contributed by atoms with van der Waals surface area (Å²) < 4.78 is 0. The highest BCUT2D eigenvalue weighted by molar-refractivity contribution is 5.41. The van der Waals surface area contributed by atoms with Crippen LogP contribution in [-0.2, 0) is 0 Å². The van der Waals surface area contributed by atoms with Crippen molar-refractivity contribution in [2.24, 2.45) is 0 Å². The maximum atomic E-state index is 3.96. The van der Waals surface area contributed by atoms with Gasteiger partial charge in [-0.25, -0.2) is 0 Å². The van der Waals surface area contributed by atoms with Crippen molar-refractivity contribution in [1.29, 1.82) is 0 Å². The van der Waals surface area contributed by atoms with Gasteiger partial charge < -0.3 is 0 Å². The van der Waals surface area contributed by atoms with Gasteiger partial charge in [-0.1, -0.05) is 30.9 Å². The molecule has 0 aromatic heterocycles. The summed E-state index contributed by atoms with van der Waals surface area (Å²) in [5, 5.41) is 0. The fraction of sp³-hybridized carbons (Fsp3) is 0.333. The third kappa shape index (κ3) is 3.38. The molecule has 0 amide bonds. The lowest BCUT2D eigenvalue weighted by atomic mass is 10.0. The summed E-state index contributed by atoms with van der Waals surface area (Å²) in [4.78, 5) is 0. The second-order valence-electron chi connectivity index (χ2n) is 3.10. The first-order valence-electron chi connectivity index (χ1n) is 4.15. The molecule has 0 aromatic rings. The number of rotatable bonds is 3. The molecule has 0 fully saturated rings. The standard InChI is InChI=1S/C12H18/c1-7-10(4)12(6)8-11(5)9(2)3/h7-8H,2,6H2,1,3-5H3/b10-7+,11-8-. The van der Waals surface area contributed by atoms with Gasteiger partial charge in [-0.3, -0.25) is 0 Å². The van der Waals surface area contributed by atoms with E-state index in [-0.39, 0.29) is 0 Å². The predicted molar refractivity (Wildman–Crippen MR) is 57.1 cm³/mol. The van der Waals surface area contributed by atoms with Crippen LogP contribution in [0, 0.1) is 0 Å². The highest BCUT2D eigenvalue weighted by Crippen LogP contribution is 2.13. The molecule has 0 aliphatic rings. The van der Waals surface area contributed by atoms with E-state index >= 15 is 0 Å². The van der Waals surface area contributed by atoms with Gasteiger partial charge in [0.15, 0.2) is 0 Å². The summed E-state index contributed by atoms with van der Waals surface area (Å²) in [6, 6.07) is 0. The van der Waals surface area contributed by atoms with Gasteiger partial charge in [0.05, 0.1) is 0 Å². The Morgan fingerprint density at radius 2 is 1.50 bits per heavy atom. The zero-order chi connectivity index (χ0) is 9.72. The third-order valence-electron chi connectivity index (χ3n) is 2.00. The average molecular weight is 162 g/mol. The quantitative estimate of drug-likeness (QED) is 0.549. The van der Waals surface area contributed by atoms with Crippen LogP contribution in [0.15, 0.2) is 47.6 Å². The average Bonchev–Trinajstić information content (AvgIpc) is 2.02. The van der Waals surface area contributed by atoms with Crippen LogP contribution in [-0.4, -0.2) is 0 Å². The lowest BCUT2D eigenvalue weighted by molar-refractivity contribution is 1.32. The molecule has 12 heavy (non-hydrogen) atoms. The molecule has 0 N–H and O–H groups in total. The fourth-order valence-corrected chi connectivity index (χ4v) is 0.684. The van der Waals surface area contributed by atoms with E-state index in [1.807, 2.05) is 13.8 Å². The Labute approximate surface area is 76.0 Å². The zero-order valence-corrected chi connectivity index (χ0v) is 8.57. The smallest absolute Gasteiger partial charge is 0.0300 e. The highest BCUT2D eigenvalue weighted by Gasteiger charge is 1.93. The molecule has 0 aliphatic carbocycles. The van der Waals surface area contributed by atoms with E-state index in [2.05, 4.69) is 39.2 Å². The van der Waals surface area contributed by atoms with E-state index in [0.717, 1.165) is 11.1 Å². The van der Waals surface area contributed by atoms with Gasteiger partial charge in [0.25, 0.3) is 0 Å². The third-order valence-corrected chi connectivity index (χ3v) is 2.00. The molecular formula is C12H18. The van der Waals surface area contributed by atoms with E-state index in [0.29, 0.717) is 0 Å². The van der Waals surface area contributed by atoms with Crippen LogP contribution in [0.1, 0.15) is 27.7 Å². The van der Waals surface area contributed by atoms with Crippen LogP contribution in [0.2, 0.25) is 0 Å². The Bertz CT molecular complexity index is 249. The monoisotopic (exact) mass is 162 g/mol. The molecule has 0 nitrogen and oxygen atoms in total. The summed E-state index contributed by atoms with van der Waals surface area (Å²) in [6.45, 7) is 16.0. The van der Waals surface area contributed by atoms with Crippen LogP contribution in [0.4, 0.5) is 0 Å². The fourth-order valence-electron chi connectivity index (χ4n) is 0.684. The first-order chi connectivity index (χ1) is 5.49. The first-order valence-corrected chi connectivity index (χ1v) is 4.15. The molecule has 0 heteroatoms. The molecule has 0 rings (SSSR count). The molecule has 0 spiro atoms. The summed E-state index contributed by atoms with van der Waals surface area (Å²) in [6.07, 6.45) is 4.13. The van der Waals surface area contributed by atoms with Crippen LogP contribution in [0.3, 0.4) is 0 Å². The van der Waals surface area contributed by atoms with Crippen LogP contribution >= 0.6 is 0 Å². The van der Waals surface area contributed by atoms with Crippen molar-refractivity contribution >= 4 is 0 Å². The maximum absolute atomic E-state index is 3.96. The van der Waals surface area contributed by atoms with Crippen molar-refractivity contribution in [2.45, 2.75) is 27.7 Å². The maximum Gasteiger partial charge on any atom is -0.0300 e. The van der Waals surface area contributed by atoms with Gasteiger partial charge >= 0.3 is 0 Å². The van der Waals surface area contributed by atoms with Crippen molar-refractivity contribution in [3.8, 4) is 0 Å². The van der Waals surface area contributed by atoms with Crippen molar-refractivity contribution < 1.29 is 0 Å². The second-order valence-corrected chi connectivity index (χ2v) is 3.10. The van der Waals surface area contributed by atoms with Gasteiger partial charge in [0, 0.05) is 0 Å². The minimum Gasteiger partial charge on any atom is -0.0958 e. The number of hydrogen-bond acceptors (Lipinski definition) is 0. The Balaban J connectivity index is 4.56. The van der Waals surface area contributed by atoms with Gasteiger partial charge in [-0.05, 0) is 44.4 Å². The molecule has 0 bridgehead atoms. The largest absolute Gasteiger partial charge is 0.0958 e. The van der Waals surface area contributed by atoms with Gasteiger partial charge in [-0.2, -0.15) is 0 Å². The Hall–Kier alpha value is -1.04. The van der Waals surface area contributed by atoms with E-state index in [4.69, 9.17) is 0 Å². The molecule has 0 radical (unpaired) electrons. The van der Waals surface area contributed by atoms with Gasteiger partial charge in [0.1, 0.15) is 0 Å². The summed E-state index contributed by atoms with van der Waals surface area (Å²) in [5.74, 6) is 0. The van der Waals surface area contributed by atoms with Crippen molar-refractivity contribution in [1.82, 2.24) is 0 Å². The lowest BCUT2D eigenvalue weighted by Gasteiger charge is -2.02. The van der Waals surface area contributed by atoms with Gasteiger partial charge in [0.2, 0.25) is 0 Å². The number of allylic oxidation sites excluding steroid dienone is 6. The molecule has 0 saturated heterocycles. The Morgan fingerprint density at radius 3 is 1.83 bits per heavy atom. The van der Waals surface area contributed by atoms with Crippen molar-refractivity contribution in [2.75, 3.05) is 0 Å². The molecule has 0 heterocycles. The van der Waals surface area contributed by atoms with Crippen LogP contribution in [0.25, 0.3) is 0 Å². The van der Waals surface area contributed by atoms with Crippen LogP contribution in [0.5, 0.6) is 0 Å². The molecule has 0 aromatic carbocycles.